The molecule has 0 saturated heterocycles. The predicted molar refractivity (Wildman–Crippen MR) is 84.0 cm³/mol. The van der Waals surface area contributed by atoms with Crippen molar-refractivity contribution < 1.29 is 4.74 Å². The Morgan fingerprint density at radius 2 is 2.10 bits per heavy atom. The number of nitrogens with zero attached hydrogens (tertiary/aromatic N) is 3. The molecule has 1 aromatic heterocycles. The number of anilines is 1. The topological polar surface area (TPSA) is 63.7 Å². The van der Waals surface area contributed by atoms with Gasteiger partial charge in [-0.25, -0.2) is 4.98 Å². The van der Waals surface area contributed by atoms with Crippen molar-refractivity contribution in [3.63, 3.8) is 0 Å². The maximum atomic E-state index is 6.28. The lowest BCUT2D eigenvalue weighted by molar-refractivity contribution is 0.397. The highest BCUT2D eigenvalue weighted by molar-refractivity contribution is 6.33. The number of aromatic nitrogens is 1. The maximum Gasteiger partial charge on any atom is 0.212 e. The van der Waals surface area contributed by atoms with Crippen LogP contribution < -0.4 is 15.4 Å². The van der Waals surface area contributed by atoms with Crippen LogP contribution in [0, 0.1) is 0 Å². The van der Waals surface area contributed by atoms with Crippen LogP contribution in [0.3, 0.4) is 0 Å². The minimum Gasteiger partial charge on any atom is -0.481 e. The van der Waals surface area contributed by atoms with Gasteiger partial charge in [0.2, 0.25) is 5.88 Å². The lowest BCUT2D eigenvalue weighted by Gasteiger charge is -2.27. The number of aliphatic imine (C=N–C) groups is 1. The molecule has 1 aliphatic rings. The maximum absolute atomic E-state index is 6.28. The Morgan fingerprint density at radius 1 is 1.29 bits per heavy atom. The summed E-state index contributed by atoms with van der Waals surface area (Å²) < 4.78 is 5.08. The number of ether oxygens (including phenoxy) is 1. The number of halogens is 1. The Hall–Kier alpha value is -2.27. The fraction of sp³-hybridized carbons (Fsp3) is 0.200. The molecule has 3 rings (SSSR count). The highest BCUT2D eigenvalue weighted by Crippen LogP contribution is 2.35. The fourth-order valence-electron chi connectivity index (χ4n) is 2.40. The molecule has 2 N–H and O–H groups in total. The van der Waals surface area contributed by atoms with Crippen LogP contribution in [0.2, 0.25) is 5.02 Å². The molecule has 5 nitrogen and oxygen atoms in total. The fourth-order valence-corrected chi connectivity index (χ4v) is 2.63. The van der Waals surface area contributed by atoms with Gasteiger partial charge in [-0.05, 0) is 23.8 Å². The summed E-state index contributed by atoms with van der Waals surface area (Å²) in [5, 5.41) is 0.643. The van der Waals surface area contributed by atoms with Gasteiger partial charge in [0.1, 0.15) is 0 Å². The van der Waals surface area contributed by atoms with Crippen LogP contribution in [-0.2, 0) is 0 Å². The number of hydrogen-bond acceptors (Lipinski definition) is 5. The van der Waals surface area contributed by atoms with Gasteiger partial charge in [-0.1, -0.05) is 23.7 Å². The van der Waals surface area contributed by atoms with Gasteiger partial charge in [0, 0.05) is 12.3 Å². The Kier molecular flexibility index (Phi) is 3.66. The second-order valence-electron chi connectivity index (χ2n) is 4.67. The molecule has 2 heterocycles. The zero-order valence-corrected chi connectivity index (χ0v) is 12.3. The molecule has 0 aliphatic carbocycles. The average Bonchev–Trinajstić information content (AvgIpc) is 2.89. The molecule has 0 spiro atoms. The van der Waals surface area contributed by atoms with E-state index in [2.05, 4.69) is 9.98 Å². The van der Waals surface area contributed by atoms with Crippen molar-refractivity contribution in [3.05, 3.63) is 53.2 Å². The minimum atomic E-state index is -0.0108. The molecular weight excluding hydrogens is 288 g/mol. The molecule has 1 atom stereocenters. The molecule has 6 heteroatoms. The number of para-hydroxylation sites is 1. The molecule has 108 valence electrons. The standard InChI is InChI=1S/C15H15ClN4O/c1-21-14-7-6-10(8-18-14)13-9-19-15(17)20(13)12-5-3-2-4-11(12)16/h2-8,13H,9H2,1H3,(H2,17,19). The first-order chi connectivity index (χ1) is 10.2. The number of nitrogens with two attached hydrogens (primary N) is 1. The van der Waals surface area contributed by atoms with Gasteiger partial charge in [0.05, 0.1) is 30.4 Å². The molecule has 2 aromatic rings. The summed E-state index contributed by atoms with van der Waals surface area (Å²) in [7, 11) is 1.59. The monoisotopic (exact) mass is 302 g/mol. The first-order valence-corrected chi connectivity index (χ1v) is 6.92. The van der Waals surface area contributed by atoms with E-state index in [4.69, 9.17) is 22.1 Å². The van der Waals surface area contributed by atoms with Crippen molar-refractivity contribution in [2.75, 3.05) is 18.6 Å². The summed E-state index contributed by atoms with van der Waals surface area (Å²) in [5.74, 6) is 1.04. The third-order valence-electron chi connectivity index (χ3n) is 3.45. The van der Waals surface area contributed by atoms with E-state index in [1.54, 1.807) is 13.3 Å². The van der Waals surface area contributed by atoms with Crippen molar-refractivity contribution in [3.8, 4) is 5.88 Å². The van der Waals surface area contributed by atoms with Crippen LogP contribution in [0.1, 0.15) is 11.6 Å². The predicted octanol–water partition coefficient (Wildman–Crippen LogP) is 2.62. The molecule has 0 bridgehead atoms. The van der Waals surface area contributed by atoms with Crippen molar-refractivity contribution >= 4 is 23.2 Å². The lowest BCUT2D eigenvalue weighted by atomic mass is 10.1. The normalized spacial score (nSPS) is 17.7. The Morgan fingerprint density at radius 3 is 2.76 bits per heavy atom. The van der Waals surface area contributed by atoms with Gasteiger partial charge in [0.15, 0.2) is 5.96 Å². The molecule has 1 aromatic carbocycles. The van der Waals surface area contributed by atoms with Gasteiger partial charge in [0.25, 0.3) is 0 Å². The van der Waals surface area contributed by atoms with Crippen molar-refractivity contribution in [1.29, 1.82) is 0 Å². The summed E-state index contributed by atoms with van der Waals surface area (Å²) in [4.78, 5) is 10.5. The van der Waals surface area contributed by atoms with E-state index in [9.17, 15) is 0 Å². The molecule has 0 fully saturated rings. The van der Waals surface area contributed by atoms with E-state index >= 15 is 0 Å². The molecular formula is C15H15ClN4O. The molecule has 21 heavy (non-hydrogen) atoms. The zero-order valence-electron chi connectivity index (χ0n) is 11.5. The highest BCUT2D eigenvalue weighted by Gasteiger charge is 2.30. The summed E-state index contributed by atoms with van der Waals surface area (Å²) >= 11 is 6.28. The van der Waals surface area contributed by atoms with E-state index in [-0.39, 0.29) is 6.04 Å². The van der Waals surface area contributed by atoms with E-state index < -0.39 is 0 Å². The van der Waals surface area contributed by atoms with Gasteiger partial charge < -0.3 is 15.4 Å². The molecule has 0 amide bonds. The third-order valence-corrected chi connectivity index (χ3v) is 3.77. The van der Waals surface area contributed by atoms with Crippen LogP contribution >= 0.6 is 11.6 Å². The van der Waals surface area contributed by atoms with Gasteiger partial charge in [-0.15, -0.1) is 0 Å². The number of benzene rings is 1. The second kappa shape index (κ2) is 5.61. The van der Waals surface area contributed by atoms with Gasteiger partial charge in [-0.2, -0.15) is 0 Å². The highest BCUT2D eigenvalue weighted by atomic mass is 35.5. The van der Waals surface area contributed by atoms with E-state index in [0.717, 1.165) is 11.3 Å². The average molecular weight is 303 g/mol. The summed E-state index contributed by atoms with van der Waals surface area (Å²) in [6, 6.07) is 11.4. The lowest BCUT2D eigenvalue weighted by Crippen LogP contribution is -2.36. The molecule has 1 aliphatic heterocycles. The number of guanidine groups is 1. The Balaban J connectivity index is 1.97. The smallest absolute Gasteiger partial charge is 0.212 e. The molecule has 1 unspecified atom stereocenters. The quantitative estimate of drug-likeness (QED) is 0.946. The first kappa shape index (κ1) is 13.7. The number of pyridine rings is 1. The van der Waals surface area contributed by atoms with Crippen LogP contribution in [0.4, 0.5) is 5.69 Å². The van der Waals surface area contributed by atoms with E-state index in [1.807, 2.05) is 41.3 Å². The minimum absolute atomic E-state index is 0.0108. The van der Waals surface area contributed by atoms with Crippen molar-refractivity contribution in [1.82, 2.24) is 4.98 Å². The van der Waals surface area contributed by atoms with Crippen LogP contribution in [0.5, 0.6) is 5.88 Å². The summed E-state index contributed by atoms with van der Waals surface area (Å²) in [6.07, 6.45) is 1.78. The zero-order chi connectivity index (χ0) is 14.8. The number of methoxy groups -OCH3 is 1. The number of hydrogen-bond donors (Lipinski definition) is 1. The van der Waals surface area contributed by atoms with E-state index in [0.29, 0.717) is 23.4 Å². The van der Waals surface area contributed by atoms with Crippen molar-refractivity contribution in [2.45, 2.75) is 6.04 Å². The SMILES string of the molecule is COc1ccc(C2CN=C(N)N2c2ccccc2Cl)cn1. The molecule has 0 radical (unpaired) electrons. The second-order valence-corrected chi connectivity index (χ2v) is 5.08. The molecule has 0 saturated carbocycles. The summed E-state index contributed by atoms with van der Waals surface area (Å²) in [6.45, 7) is 0.574. The van der Waals surface area contributed by atoms with Crippen LogP contribution in [0.25, 0.3) is 0 Å². The Bertz CT molecular complexity index is 672. The van der Waals surface area contributed by atoms with Crippen LogP contribution in [-0.4, -0.2) is 24.6 Å². The number of rotatable bonds is 3. The largest absolute Gasteiger partial charge is 0.481 e. The third kappa shape index (κ3) is 2.52. The van der Waals surface area contributed by atoms with E-state index in [1.165, 1.54) is 0 Å². The van der Waals surface area contributed by atoms with Crippen molar-refractivity contribution in [2.24, 2.45) is 10.7 Å². The van der Waals surface area contributed by atoms with Crippen LogP contribution in [0.15, 0.2) is 47.6 Å². The Labute approximate surface area is 128 Å². The first-order valence-electron chi connectivity index (χ1n) is 6.54. The van der Waals surface area contributed by atoms with Gasteiger partial charge >= 0.3 is 0 Å². The van der Waals surface area contributed by atoms with Gasteiger partial charge in [-0.3, -0.25) is 4.99 Å². The summed E-state index contributed by atoms with van der Waals surface area (Å²) in [5.41, 5.74) is 7.90.